The number of nitrogens with one attached hydrogen (secondary N) is 1. The van der Waals surface area contributed by atoms with Crippen molar-refractivity contribution in [2.75, 3.05) is 18.6 Å². The van der Waals surface area contributed by atoms with Crippen molar-refractivity contribution in [3.63, 3.8) is 0 Å². The minimum Gasteiger partial charge on any atom is -0.463 e. The summed E-state index contributed by atoms with van der Waals surface area (Å²) in [6.07, 6.45) is 0.103. The predicted molar refractivity (Wildman–Crippen MR) is 94.4 cm³/mol. The average Bonchev–Trinajstić information content (AvgIpc) is 2.61. The molecule has 7 nitrogen and oxygen atoms in total. The second-order valence-corrected chi connectivity index (χ2v) is 5.77. The highest BCUT2D eigenvalue weighted by Gasteiger charge is 2.31. The second-order valence-electron chi connectivity index (χ2n) is 5.77. The highest BCUT2D eigenvalue weighted by molar-refractivity contribution is 6.02. The van der Waals surface area contributed by atoms with Crippen molar-refractivity contribution < 1.29 is 9.53 Å². The van der Waals surface area contributed by atoms with E-state index in [1.807, 2.05) is 30.3 Å². The predicted octanol–water partition coefficient (Wildman–Crippen LogP) is 1.04. The standard InChI is InChI=1S/C18H19N3O4/c1-4-25-17(23)12-10-13-15(19-18(24)21(3)16(13)22)20(2)14(12)11-8-6-5-7-9-11/h5-9H,4,10H2,1-3H3,(H,19,24). The molecule has 0 bridgehead atoms. The Morgan fingerprint density at radius 3 is 2.52 bits per heavy atom. The van der Waals surface area contributed by atoms with E-state index in [0.717, 1.165) is 10.1 Å². The lowest BCUT2D eigenvalue weighted by atomic mass is 9.95. The van der Waals surface area contributed by atoms with Crippen molar-refractivity contribution in [3.05, 3.63) is 67.9 Å². The fourth-order valence-corrected chi connectivity index (χ4v) is 3.03. The molecule has 0 aliphatic carbocycles. The van der Waals surface area contributed by atoms with E-state index in [4.69, 9.17) is 4.74 Å². The van der Waals surface area contributed by atoms with Crippen LogP contribution in [0.5, 0.6) is 0 Å². The molecule has 2 aromatic rings. The number of rotatable bonds is 3. The normalized spacial score (nSPS) is 13.6. The zero-order valence-electron chi connectivity index (χ0n) is 14.3. The average molecular weight is 341 g/mol. The molecule has 0 unspecified atom stereocenters. The third kappa shape index (κ3) is 2.77. The number of carbonyl (C=O) groups is 1. The number of hydrogen-bond donors (Lipinski definition) is 1. The molecule has 0 saturated heterocycles. The first-order valence-electron chi connectivity index (χ1n) is 7.97. The summed E-state index contributed by atoms with van der Waals surface area (Å²) in [4.78, 5) is 41.4. The number of hydrogen-bond acceptors (Lipinski definition) is 5. The lowest BCUT2D eigenvalue weighted by Gasteiger charge is -2.31. The van der Waals surface area contributed by atoms with Crippen LogP contribution in [0.1, 0.15) is 18.1 Å². The summed E-state index contributed by atoms with van der Waals surface area (Å²) in [5, 5.41) is 0. The Bertz CT molecular complexity index is 970. The van der Waals surface area contributed by atoms with E-state index in [0.29, 0.717) is 22.7 Å². The quantitative estimate of drug-likeness (QED) is 0.843. The Labute approximate surface area is 144 Å². The van der Waals surface area contributed by atoms with Crippen molar-refractivity contribution in [2.45, 2.75) is 13.3 Å². The molecule has 1 aromatic heterocycles. The highest BCUT2D eigenvalue weighted by Crippen LogP contribution is 2.34. The van der Waals surface area contributed by atoms with Crippen LogP contribution in [0.15, 0.2) is 45.5 Å². The summed E-state index contributed by atoms with van der Waals surface area (Å²) < 4.78 is 6.19. The summed E-state index contributed by atoms with van der Waals surface area (Å²) in [6, 6.07) is 9.34. The van der Waals surface area contributed by atoms with Crippen molar-refractivity contribution in [1.82, 2.24) is 9.55 Å². The number of nitrogens with zero attached hydrogens (tertiary/aromatic N) is 2. The van der Waals surface area contributed by atoms with Gasteiger partial charge in [-0.15, -0.1) is 0 Å². The van der Waals surface area contributed by atoms with E-state index < -0.39 is 17.2 Å². The first kappa shape index (κ1) is 16.8. The molecule has 130 valence electrons. The van der Waals surface area contributed by atoms with Gasteiger partial charge in [0.25, 0.3) is 5.56 Å². The van der Waals surface area contributed by atoms with Gasteiger partial charge in [-0.25, -0.2) is 9.59 Å². The largest absolute Gasteiger partial charge is 0.463 e. The number of carbonyl (C=O) groups excluding carboxylic acids is 1. The number of anilines is 1. The molecular formula is C18H19N3O4. The van der Waals surface area contributed by atoms with Crippen molar-refractivity contribution in [1.29, 1.82) is 0 Å². The van der Waals surface area contributed by atoms with Crippen LogP contribution in [0.2, 0.25) is 0 Å². The van der Waals surface area contributed by atoms with E-state index in [9.17, 15) is 14.4 Å². The first-order valence-corrected chi connectivity index (χ1v) is 7.97. The Balaban J connectivity index is 2.27. The fraction of sp³-hybridized carbons (Fsp3) is 0.278. The van der Waals surface area contributed by atoms with Crippen LogP contribution in [0.25, 0.3) is 5.70 Å². The molecule has 0 amide bonds. The lowest BCUT2D eigenvalue weighted by Crippen LogP contribution is -2.40. The van der Waals surface area contributed by atoms with Gasteiger partial charge in [-0.05, 0) is 12.5 Å². The van der Waals surface area contributed by atoms with Crippen molar-refractivity contribution >= 4 is 17.5 Å². The number of fused-ring (bicyclic) bond motifs is 1. The van der Waals surface area contributed by atoms with Crippen LogP contribution in [0, 0.1) is 0 Å². The Hall–Kier alpha value is -3.09. The maximum absolute atomic E-state index is 12.5. The number of esters is 1. The SMILES string of the molecule is CCOC(=O)C1=C(c2ccccc2)N(C)c2[nH]c(=O)n(C)c(=O)c2C1. The first-order chi connectivity index (χ1) is 12.0. The van der Waals surface area contributed by atoms with Gasteiger partial charge in [-0.3, -0.25) is 14.3 Å². The van der Waals surface area contributed by atoms with Gasteiger partial charge < -0.3 is 9.64 Å². The number of aromatic amines is 1. The molecule has 0 saturated carbocycles. The topological polar surface area (TPSA) is 84.4 Å². The monoisotopic (exact) mass is 341 g/mol. The number of benzene rings is 1. The van der Waals surface area contributed by atoms with E-state index in [1.54, 1.807) is 18.9 Å². The minimum atomic E-state index is -0.498. The molecule has 1 N–H and O–H groups in total. The van der Waals surface area contributed by atoms with Gasteiger partial charge in [-0.2, -0.15) is 0 Å². The van der Waals surface area contributed by atoms with Crippen LogP contribution in [0.3, 0.4) is 0 Å². The van der Waals surface area contributed by atoms with E-state index in [1.165, 1.54) is 7.05 Å². The molecule has 0 radical (unpaired) electrons. The van der Waals surface area contributed by atoms with Gasteiger partial charge in [0.2, 0.25) is 0 Å². The zero-order chi connectivity index (χ0) is 18.1. The summed E-state index contributed by atoms with van der Waals surface area (Å²) in [7, 11) is 3.12. The van der Waals surface area contributed by atoms with E-state index >= 15 is 0 Å². The van der Waals surface area contributed by atoms with Gasteiger partial charge in [0.05, 0.1) is 23.4 Å². The third-order valence-corrected chi connectivity index (χ3v) is 4.26. The maximum atomic E-state index is 12.5. The molecule has 0 fully saturated rings. The van der Waals surface area contributed by atoms with Gasteiger partial charge >= 0.3 is 11.7 Å². The van der Waals surface area contributed by atoms with E-state index in [2.05, 4.69) is 4.98 Å². The second kappa shape index (κ2) is 6.43. The molecule has 25 heavy (non-hydrogen) atoms. The summed E-state index contributed by atoms with van der Waals surface area (Å²) in [5.41, 5.74) is 1.28. The number of H-pyrrole nitrogens is 1. The zero-order valence-corrected chi connectivity index (χ0v) is 14.3. The number of aromatic nitrogens is 2. The van der Waals surface area contributed by atoms with Crippen molar-refractivity contribution in [3.8, 4) is 0 Å². The maximum Gasteiger partial charge on any atom is 0.336 e. The minimum absolute atomic E-state index is 0.103. The fourth-order valence-electron chi connectivity index (χ4n) is 3.03. The lowest BCUT2D eigenvalue weighted by molar-refractivity contribution is -0.138. The smallest absolute Gasteiger partial charge is 0.336 e. The van der Waals surface area contributed by atoms with Crippen LogP contribution in [-0.2, 0) is 23.0 Å². The molecule has 1 aliphatic rings. The third-order valence-electron chi connectivity index (χ3n) is 4.26. The molecule has 1 aromatic carbocycles. The van der Waals surface area contributed by atoms with Gasteiger partial charge in [0, 0.05) is 20.5 Å². The van der Waals surface area contributed by atoms with Gasteiger partial charge in [-0.1, -0.05) is 30.3 Å². The molecule has 0 spiro atoms. The van der Waals surface area contributed by atoms with E-state index in [-0.39, 0.29) is 13.0 Å². The summed E-state index contributed by atoms with van der Waals surface area (Å²) in [5.74, 6) is -0.0629. The van der Waals surface area contributed by atoms with Crippen molar-refractivity contribution in [2.24, 2.45) is 7.05 Å². The van der Waals surface area contributed by atoms with Gasteiger partial charge in [0.15, 0.2) is 0 Å². The molecule has 3 rings (SSSR count). The highest BCUT2D eigenvalue weighted by atomic mass is 16.5. The van der Waals surface area contributed by atoms with Crippen LogP contribution in [0.4, 0.5) is 5.82 Å². The molecule has 0 atom stereocenters. The molecule has 7 heteroatoms. The Kier molecular flexibility index (Phi) is 4.31. The van der Waals surface area contributed by atoms with Crippen LogP contribution in [-0.4, -0.2) is 29.2 Å². The number of ether oxygens (including phenoxy) is 1. The Morgan fingerprint density at radius 2 is 1.88 bits per heavy atom. The Morgan fingerprint density at radius 1 is 1.20 bits per heavy atom. The molecular weight excluding hydrogens is 322 g/mol. The van der Waals surface area contributed by atoms with Gasteiger partial charge in [0.1, 0.15) is 5.82 Å². The molecule has 2 heterocycles. The summed E-state index contributed by atoms with van der Waals surface area (Å²) in [6.45, 7) is 1.97. The van der Waals surface area contributed by atoms with Crippen LogP contribution < -0.4 is 16.1 Å². The summed E-state index contributed by atoms with van der Waals surface area (Å²) >= 11 is 0. The van der Waals surface area contributed by atoms with Crippen LogP contribution >= 0.6 is 0 Å². The molecule has 1 aliphatic heterocycles.